The quantitative estimate of drug-likeness (QED) is 0.203. The van der Waals surface area contributed by atoms with Crippen LogP contribution in [0.25, 0.3) is 0 Å². The van der Waals surface area contributed by atoms with Crippen molar-refractivity contribution in [3.05, 3.63) is 172 Å². The molecule has 0 spiro atoms. The van der Waals surface area contributed by atoms with Crippen LogP contribution in [0.15, 0.2) is 127 Å². The van der Waals surface area contributed by atoms with Gasteiger partial charge in [-0.05, 0) is 71.9 Å². The minimum Gasteiger partial charge on any atom is -0.298 e. The van der Waals surface area contributed by atoms with Gasteiger partial charge in [0.2, 0.25) is 0 Å². The van der Waals surface area contributed by atoms with Crippen molar-refractivity contribution >= 4 is 0 Å². The van der Waals surface area contributed by atoms with Crippen molar-refractivity contribution in [1.29, 1.82) is 0 Å². The number of hydrogen-bond acceptors (Lipinski definition) is 3. The van der Waals surface area contributed by atoms with Crippen molar-refractivity contribution in [1.82, 2.24) is 15.6 Å². The van der Waals surface area contributed by atoms with Crippen LogP contribution in [0.2, 0.25) is 0 Å². The van der Waals surface area contributed by atoms with Gasteiger partial charge >= 0.3 is 0 Å². The highest BCUT2D eigenvalue weighted by atomic mass is 15.0. The van der Waals surface area contributed by atoms with E-state index in [1.54, 1.807) is 0 Å². The molecule has 0 aliphatic heterocycles. The topological polar surface area (TPSA) is 37.0 Å². The van der Waals surface area contributed by atoms with E-state index in [1.807, 2.05) is 0 Å². The summed E-state index contributed by atoms with van der Waals surface area (Å²) < 4.78 is 0. The summed E-state index contributed by atoms with van der Waals surface area (Å²) in [6.07, 6.45) is 6.81. The van der Waals surface area contributed by atoms with E-state index in [9.17, 15) is 0 Å². The Morgan fingerprint density at radius 1 is 0.476 bits per heavy atom. The summed E-state index contributed by atoms with van der Waals surface area (Å²) in [5.41, 5.74) is 10.5. The molecule has 5 aromatic rings. The standard InChI is InChI=1S/C39H39N3/c1-5-15-28(16-6-1)36(29-17-7-2-8-18-29)40-34-25-13-23-32-27-33-24-14-26-35(39(33)42-38(32)34)41-37(30-19-9-3-10-20-30)31-21-11-4-12-22-31/h1-12,15-22,27,34-37,40-41H,13-14,23-26H2. The highest BCUT2D eigenvalue weighted by molar-refractivity contribution is 5.39. The zero-order valence-electron chi connectivity index (χ0n) is 24.1. The Hall–Kier alpha value is -4.05. The zero-order chi connectivity index (χ0) is 28.1. The largest absolute Gasteiger partial charge is 0.298 e. The lowest BCUT2D eigenvalue weighted by Crippen LogP contribution is -2.34. The third kappa shape index (κ3) is 5.68. The maximum Gasteiger partial charge on any atom is 0.0609 e. The first kappa shape index (κ1) is 26.8. The van der Waals surface area contributed by atoms with Crippen molar-refractivity contribution in [3.63, 3.8) is 0 Å². The fourth-order valence-corrected chi connectivity index (χ4v) is 6.98. The summed E-state index contributed by atoms with van der Waals surface area (Å²) in [5.74, 6) is 0. The number of aryl methyl sites for hydroxylation is 2. The van der Waals surface area contributed by atoms with Crippen LogP contribution in [0.5, 0.6) is 0 Å². The molecule has 1 aromatic heterocycles. The third-order valence-electron chi connectivity index (χ3n) is 9.05. The number of fused-ring (bicyclic) bond motifs is 2. The number of pyridine rings is 1. The molecule has 42 heavy (non-hydrogen) atoms. The van der Waals surface area contributed by atoms with Crippen molar-refractivity contribution in [2.75, 3.05) is 0 Å². The first-order valence-corrected chi connectivity index (χ1v) is 15.6. The number of nitrogens with zero attached hydrogens (tertiary/aromatic N) is 1. The molecule has 3 heteroatoms. The molecule has 2 atom stereocenters. The molecule has 2 N–H and O–H groups in total. The minimum absolute atomic E-state index is 0.121. The van der Waals surface area contributed by atoms with Gasteiger partial charge in [-0.2, -0.15) is 0 Å². The fraction of sp³-hybridized carbons (Fsp3) is 0.256. The lowest BCUT2D eigenvalue weighted by molar-refractivity contribution is 0.395. The number of benzene rings is 4. The molecular formula is C39H39N3. The summed E-state index contributed by atoms with van der Waals surface area (Å²) in [6, 6.07) is 46.6. The number of rotatable bonds is 8. The second kappa shape index (κ2) is 12.4. The van der Waals surface area contributed by atoms with Crippen LogP contribution < -0.4 is 10.6 Å². The predicted molar refractivity (Wildman–Crippen MR) is 171 cm³/mol. The number of hydrogen-bond donors (Lipinski definition) is 2. The lowest BCUT2D eigenvalue weighted by atomic mass is 9.84. The average molecular weight is 550 g/mol. The Kier molecular flexibility index (Phi) is 7.95. The van der Waals surface area contributed by atoms with Gasteiger partial charge in [0.1, 0.15) is 0 Å². The van der Waals surface area contributed by atoms with Crippen LogP contribution in [0.4, 0.5) is 0 Å². The van der Waals surface area contributed by atoms with Gasteiger partial charge in [0.05, 0.1) is 35.6 Å². The third-order valence-corrected chi connectivity index (χ3v) is 9.05. The summed E-state index contributed by atoms with van der Waals surface area (Å²) in [4.78, 5) is 5.57. The van der Waals surface area contributed by atoms with Crippen molar-refractivity contribution in [3.8, 4) is 0 Å². The molecule has 0 amide bonds. The van der Waals surface area contributed by atoms with Crippen LogP contribution in [0.3, 0.4) is 0 Å². The second-order valence-corrected chi connectivity index (χ2v) is 11.8. The maximum absolute atomic E-state index is 5.57. The van der Waals surface area contributed by atoms with Crippen LogP contribution in [0, 0.1) is 0 Å². The highest BCUT2D eigenvalue weighted by Gasteiger charge is 2.31. The molecule has 210 valence electrons. The molecule has 7 rings (SSSR count). The molecule has 0 radical (unpaired) electrons. The molecule has 4 aromatic carbocycles. The van der Waals surface area contributed by atoms with Gasteiger partial charge in [0.15, 0.2) is 0 Å². The predicted octanol–water partition coefficient (Wildman–Crippen LogP) is 8.59. The Bertz CT molecular complexity index is 1390. The number of nitrogens with one attached hydrogen (secondary N) is 2. The molecular weight excluding hydrogens is 510 g/mol. The normalized spacial score (nSPS) is 18.0. The molecule has 0 fully saturated rings. The molecule has 2 aliphatic rings. The zero-order valence-corrected chi connectivity index (χ0v) is 24.1. The summed E-state index contributed by atoms with van der Waals surface area (Å²) in [7, 11) is 0. The fourth-order valence-electron chi connectivity index (χ4n) is 6.98. The number of aromatic nitrogens is 1. The molecule has 0 saturated carbocycles. The van der Waals surface area contributed by atoms with Gasteiger partial charge < -0.3 is 0 Å². The van der Waals surface area contributed by atoms with Crippen molar-refractivity contribution in [2.45, 2.75) is 62.7 Å². The SMILES string of the molecule is c1ccc(C(NC2CCCc3cc4c(nc32)C(NC(c2ccccc2)c2ccccc2)CCC4)c2ccccc2)cc1. The highest BCUT2D eigenvalue weighted by Crippen LogP contribution is 2.38. The maximum atomic E-state index is 5.57. The molecule has 1 heterocycles. The van der Waals surface area contributed by atoms with Crippen molar-refractivity contribution in [2.24, 2.45) is 0 Å². The van der Waals surface area contributed by atoms with Crippen LogP contribution in [0.1, 0.15) is 94.6 Å². The summed E-state index contributed by atoms with van der Waals surface area (Å²) in [6.45, 7) is 0. The molecule has 3 nitrogen and oxygen atoms in total. The van der Waals surface area contributed by atoms with E-state index >= 15 is 0 Å². The van der Waals surface area contributed by atoms with Crippen LogP contribution in [-0.2, 0) is 12.8 Å². The van der Waals surface area contributed by atoms with E-state index in [1.165, 1.54) is 57.6 Å². The van der Waals surface area contributed by atoms with E-state index in [0.29, 0.717) is 0 Å². The van der Waals surface area contributed by atoms with E-state index in [-0.39, 0.29) is 24.2 Å². The van der Waals surface area contributed by atoms with E-state index < -0.39 is 0 Å². The molecule has 2 unspecified atom stereocenters. The van der Waals surface area contributed by atoms with E-state index in [2.05, 4.69) is 138 Å². The Morgan fingerprint density at radius 3 is 1.14 bits per heavy atom. The smallest absolute Gasteiger partial charge is 0.0609 e. The Balaban J connectivity index is 1.23. The molecule has 0 saturated heterocycles. The van der Waals surface area contributed by atoms with Crippen LogP contribution in [-0.4, -0.2) is 4.98 Å². The van der Waals surface area contributed by atoms with E-state index in [0.717, 1.165) is 25.7 Å². The van der Waals surface area contributed by atoms with Crippen LogP contribution >= 0.6 is 0 Å². The first-order chi connectivity index (χ1) is 20.8. The monoisotopic (exact) mass is 549 g/mol. The molecule has 2 aliphatic carbocycles. The van der Waals surface area contributed by atoms with Gasteiger partial charge in [-0.25, -0.2) is 0 Å². The van der Waals surface area contributed by atoms with Gasteiger partial charge in [0, 0.05) is 0 Å². The average Bonchev–Trinajstić information content (AvgIpc) is 3.07. The second-order valence-electron chi connectivity index (χ2n) is 11.8. The van der Waals surface area contributed by atoms with Gasteiger partial charge in [-0.1, -0.05) is 127 Å². The van der Waals surface area contributed by atoms with Gasteiger partial charge in [0.25, 0.3) is 0 Å². The van der Waals surface area contributed by atoms with Gasteiger partial charge in [-0.15, -0.1) is 0 Å². The summed E-state index contributed by atoms with van der Waals surface area (Å²) >= 11 is 0. The molecule has 0 bridgehead atoms. The first-order valence-electron chi connectivity index (χ1n) is 15.6. The summed E-state index contributed by atoms with van der Waals surface area (Å²) in [5, 5.41) is 8.15. The van der Waals surface area contributed by atoms with Crippen molar-refractivity contribution < 1.29 is 0 Å². The minimum atomic E-state index is 0.121. The van der Waals surface area contributed by atoms with Gasteiger partial charge in [-0.3, -0.25) is 15.6 Å². The lowest BCUT2D eigenvalue weighted by Gasteiger charge is -2.35. The van der Waals surface area contributed by atoms with E-state index in [4.69, 9.17) is 4.98 Å². The Labute approximate surface area is 250 Å². The Morgan fingerprint density at radius 2 is 0.810 bits per heavy atom.